The summed E-state index contributed by atoms with van der Waals surface area (Å²) in [5.74, 6) is -0.379. The molecule has 3 aromatic rings. The molecule has 0 amide bonds. The molecule has 0 aliphatic carbocycles. The van der Waals surface area contributed by atoms with Crippen LogP contribution in [0.2, 0.25) is 0 Å². The fourth-order valence-corrected chi connectivity index (χ4v) is 2.23. The quantitative estimate of drug-likeness (QED) is 0.794. The monoisotopic (exact) mass is 269 g/mol. The topological polar surface area (TPSA) is 55.4 Å². The van der Waals surface area contributed by atoms with Crippen molar-refractivity contribution >= 4 is 11.1 Å². The summed E-state index contributed by atoms with van der Waals surface area (Å²) in [5.41, 5.74) is 4.22. The van der Waals surface area contributed by atoms with Crippen molar-refractivity contribution in [2.24, 2.45) is 0 Å². The van der Waals surface area contributed by atoms with E-state index in [-0.39, 0.29) is 12.4 Å². The molecule has 0 saturated heterocycles. The van der Waals surface area contributed by atoms with Crippen LogP contribution >= 0.6 is 0 Å². The van der Waals surface area contributed by atoms with Crippen LogP contribution in [0.3, 0.4) is 0 Å². The number of rotatable bonds is 3. The van der Waals surface area contributed by atoms with Crippen LogP contribution in [0, 0.1) is 6.92 Å². The van der Waals surface area contributed by atoms with Gasteiger partial charge in [-0.15, -0.1) is 0 Å². The second kappa shape index (κ2) is 4.98. The molecule has 0 unspecified atom stereocenters. The number of hydrogen-bond donors (Lipinski definition) is 1. The Morgan fingerprint density at radius 2 is 1.80 bits per heavy atom. The maximum Gasteiger partial charge on any atom is 0.420 e. The molecule has 2 aromatic carbocycles. The summed E-state index contributed by atoms with van der Waals surface area (Å²) in [6.07, 6.45) is 0. The van der Waals surface area contributed by atoms with Gasteiger partial charge in [0.25, 0.3) is 0 Å². The predicted octanol–water partition coefficient (Wildman–Crippen LogP) is 2.44. The molecular formula is C16H15NO3. The Kier molecular flexibility index (Phi) is 3.16. The van der Waals surface area contributed by atoms with Gasteiger partial charge in [-0.3, -0.25) is 4.57 Å². The van der Waals surface area contributed by atoms with Gasteiger partial charge in [-0.05, 0) is 30.2 Å². The Morgan fingerprint density at radius 1 is 1.10 bits per heavy atom. The van der Waals surface area contributed by atoms with E-state index in [0.717, 1.165) is 16.6 Å². The van der Waals surface area contributed by atoms with E-state index in [9.17, 15) is 4.79 Å². The van der Waals surface area contributed by atoms with E-state index in [1.807, 2.05) is 31.2 Å². The molecule has 1 aromatic heterocycles. The van der Waals surface area contributed by atoms with E-state index < -0.39 is 0 Å². The van der Waals surface area contributed by atoms with E-state index in [1.165, 1.54) is 5.56 Å². The van der Waals surface area contributed by atoms with Gasteiger partial charge in [0, 0.05) is 0 Å². The first-order valence-corrected chi connectivity index (χ1v) is 6.46. The molecule has 0 atom stereocenters. The molecule has 0 aliphatic heterocycles. The van der Waals surface area contributed by atoms with Crippen LogP contribution < -0.4 is 5.76 Å². The van der Waals surface area contributed by atoms with Crippen LogP contribution in [0.4, 0.5) is 0 Å². The zero-order valence-electron chi connectivity index (χ0n) is 11.2. The Bertz CT molecular complexity index is 797. The molecule has 4 nitrogen and oxygen atoms in total. The van der Waals surface area contributed by atoms with Crippen LogP contribution in [0.5, 0.6) is 0 Å². The first kappa shape index (κ1) is 12.7. The molecule has 0 radical (unpaired) electrons. The van der Waals surface area contributed by atoms with Crippen molar-refractivity contribution in [1.82, 2.24) is 4.57 Å². The van der Waals surface area contributed by atoms with E-state index in [0.29, 0.717) is 12.1 Å². The number of nitrogens with zero attached hydrogens (tertiary/aromatic N) is 1. The number of aliphatic hydroxyl groups is 1. The van der Waals surface area contributed by atoms with E-state index in [1.54, 1.807) is 22.8 Å². The van der Waals surface area contributed by atoms with Crippen molar-refractivity contribution in [2.75, 3.05) is 0 Å². The molecule has 0 spiro atoms. The molecule has 0 saturated carbocycles. The first-order valence-electron chi connectivity index (χ1n) is 6.46. The number of aliphatic hydroxyl groups excluding tert-OH is 1. The number of hydrogen-bond acceptors (Lipinski definition) is 3. The third kappa shape index (κ3) is 2.26. The average Bonchev–Trinajstić information content (AvgIpc) is 2.76. The van der Waals surface area contributed by atoms with Gasteiger partial charge in [-0.1, -0.05) is 35.9 Å². The highest BCUT2D eigenvalue weighted by atomic mass is 16.4. The Morgan fingerprint density at radius 3 is 2.50 bits per heavy atom. The highest BCUT2D eigenvalue weighted by Gasteiger charge is 2.10. The second-order valence-corrected chi connectivity index (χ2v) is 4.90. The predicted molar refractivity (Wildman–Crippen MR) is 76.7 cm³/mol. The summed E-state index contributed by atoms with van der Waals surface area (Å²) >= 11 is 0. The molecule has 0 bridgehead atoms. The summed E-state index contributed by atoms with van der Waals surface area (Å²) in [7, 11) is 0. The molecule has 1 N–H and O–H groups in total. The fourth-order valence-electron chi connectivity index (χ4n) is 2.23. The van der Waals surface area contributed by atoms with Gasteiger partial charge in [0.15, 0.2) is 5.58 Å². The highest BCUT2D eigenvalue weighted by molar-refractivity contribution is 5.73. The van der Waals surface area contributed by atoms with E-state index in [4.69, 9.17) is 9.52 Å². The molecule has 102 valence electrons. The van der Waals surface area contributed by atoms with E-state index in [2.05, 4.69) is 0 Å². The number of aromatic nitrogens is 1. The Hall–Kier alpha value is -2.33. The third-order valence-electron chi connectivity index (χ3n) is 3.38. The number of fused-ring (bicyclic) bond motifs is 1. The van der Waals surface area contributed by atoms with Crippen LogP contribution in [0.1, 0.15) is 16.7 Å². The minimum atomic E-state index is -0.379. The van der Waals surface area contributed by atoms with Crippen molar-refractivity contribution in [3.63, 3.8) is 0 Å². The van der Waals surface area contributed by atoms with Gasteiger partial charge in [-0.2, -0.15) is 0 Å². The van der Waals surface area contributed by atoms with Gasteiger partial charge in [0.2, 0.25) is 0 Å². The normalized spacial score (nSPS) is 11.1. The molecule has 0 aliphatic rings. The minimum Gasteiger partial charge on any atom is -0.408 e. The zero-order chi connectivity index (χ0) is 14.1. The van der Waals surface area contributed by atoms with Gasteiger partial charge >= 0.3 is 5.76 Å². The fraction of sp³-hybridized carbons (Fsp3) is 0.188. The Balaban J connectivity index is 2.05. The standard InChI is InChI=1S/C16H15NO3/c1-11-2-4-12(5-3-11)9-17-14-7-6-13(10-18)8-15(14)20-16(17)19/h2-8,18H,9-10H2,1H3. The summed E-state index contributed by atoms with van der Waals surface area (Å²) < 4.78 is 6.83. The molecular weight excluding hydrogens is 254 g/mol. The van der Waals surface area contributed by atoms with Crippen molar-refractivity contribution in [3.8, 4) is 0 Å². The molecule has 20 heavy (non-hydrogen) atoms. The van der Waals surface area contributed by atoms with E-state index >= 15 is 0 Å². The molecule has 4 heteroatoms. The minimum absolute atomic E-state index is 0.0667. The van der Waals surface area contributed by atoms with Crippen LogP contribution in [-0.2, 0) is 13.2 Å². The average molecular weight is 269 g/mol. The zero-order valence-corrected chi connectivity index (χ0v) is 11.2. The summed E-state index contributed by atoms with van der Waals surface area (Å²) in [6.45, 7) is 2.44. The van der Waals surface area contributed by atoms with Gasteiger partial charge < -0.3 is 9.52 Å². The van der Waals surface area contributed by atoms with Crippen LogP contribution in [0.15, 0.2) is 51.7 Å². The smallest absolute Gasteiger partial charge is 0.408 e. The van der Waals surface area contributed by atoms with Gasteiger partial charge in [0.1, 0.15) is 0 Å². The second-order valence-electron chi connectivity index (χ2n) is 4.90. The summed E-state index contributed by atoms with van der Waals surface area (Å²) in [6, 6.07) is 13.3. The lowest BCUT2D eigenvalue weighted by molar-refractivity contribution is 0.282. The first-order chi connectivity index (χ1) is 9.67. The number of aryl methyl sites for hydroxylation is 1. The largest absolute Gasteiger partial charge is 0.420 e. The Labute approximate surface area is 115 Å². The molecule has 3 rings (SSSR count). The van der Waals surface area contributed by atoms with Gasteiger partial charge in [-0.25, -0.2) is 4.79 Å². The maximum absolute atomic E-state index is 11.9. The summed E-state index contributed by atoms with van der Waals surface area (Å²) in [4.78, 5) is 11.9. The lowest BCUT2D eigenvalue weighted by Crippen LogP contribution is -2.14. The van der Waals surface area contributed by atoms with Crippen LogP contribution in [0.25, 0.3) is 11.1 Å². The summed E-state index contributed by atoms with van der Waals surface area (Å²) in [5, 5.41) is 9.11. The SMILES string of the molecule is Cc1ccc(Cn2c(=O)oc3cc(CO)ccc32)cc1. The van der Waals surface area contributed by atoms with Crippen molar-refractivity contribution in [2.45, 2.75) is 20.1 Å². The lowest BCUT2D eigenvalue weighted by atomic mass is 10.1. The van der Waals surface area contributed by atoms with Crippen molar-refractivity contribution in [3.05, 3.63) is 69.7 Å². The van der Waals surface area contributed by atoms with Crippen LogP contribution in [-0.4, -0.2) is 9.67 Å². The third-order valence-corrected chi connectivity index (χ3v) is 3.38. The molecule has 1 heterocycles. The molecule has 0 fully saturated rings. The van der Waals surface area contributed by atoms with Crippen molar-refractivity contribution < 1.29 is 9.52 Å². The number of benzene rings is 2. The maximum atomic E-state index is 11.9. The number of oxazole rings is 1. The highest BCUT2D eigenvalue weighted by Crippen LogP contribution is 2.16. The lowest BCUT2D eigenvalue weighted by Gasteiger charge is -2.03. The van der Waals surface area contributed by atoms with Crippen molar-refractivity contribution in [1.29, 1.82) is 0 Å². The van der Waals surface area contributed by atoms with Gasteiger partial charge in [0.05, 0.1) is 18.7 Å².